The first kappa shape index (κ1) is 22.5. The molecule has 0 spiro atoms. The lowest BCUT2D eigenvalue weighted by Gasteiger charge is -2.40. The number of anilines is 1. The second-order valence-electron chi connectivity index (χ2n) is 9.30. The summed E-state index contributed by atoms with van der Waals surface area (Å²) in [6.07, 6.45) is 7.39. The van der Waals surface area contributed by atoms with Crippen LogP contribution < -0.4 is 15.0 Å². The van der Waals surface area contributed by atoms with Crippen LogP contribution in [0, 0.1) is 11.3 Å². The zero-order valence-electron chi connectivity index (χ0n) is 19.7. The van der Waals surface area contributed by atoms with E-state index in [0.29, 0.717) is 17.4 Å². The summed E-state index contributed by atoms with van der Waals surface area (Å²) in [5.41, 5.74) is 4.71. The van der Waals surface area contributed by atoms with Crippen molar-refractivity contribution in [3.05, 3.63) is 59.9 Å². The maximum Gasteiger partial charge on any atom is 0.140 e. The summed E-state index contributed by atoms with van der Waals surface area (Å²) in [6, 6.07) is 14.2. The second kappa shape index (κ2) is 9.49. The van der Waals surface area contributed by atoms with Crippen LogP contribution in [0.25, 0.3) is 11.1 Å². The van der Waals surface area contributed by atoms with Crippen LogP contribution in [-0.4, -0.2) is 40.2 Å². The van der Waals surface area contributed by atoms with Crippen molar-refractivity contribution < 1.29 is 9.84 Å². The van der Waals surface area contributed by atoms with Gasteiger partial charge in [0.1, 0.15) is 17.7 Å². The van der Waals surface area contributed by atoms with Crippen molar-refractivity contribution in [1.29, 1.82) is 5.26 Å². The Kier molecular flexibility index (Phi) is 6.27. The number of fused-ring (bicyclic) bond motifs is 1. The molecule has 1 fully saturated rings. The summed E-state index contributed by atoms with van der Waals surface area (Å²) in [6.45, 7) is 5.98. The normalized spacial score (nSPS) is 19.4. The molecule has 34 heavy (non-hydrogen) atoms. The van der Waals surface area contributed by atoms with Crippen LogP contribution in [0.15, 0.2) is 48.8 Å². The molecule has 3 heterocycles. The van der Waals surface area contributed by atoms with Crippen molar-refractivity contribution in [2.45, 2.75) is 57.8 Å². The molecule has 2 aliphatic rings. The molecule has 1 aromatic heterocycles. The van der Waals surface area contributed by atoms with Gasteiger partial charge >= 0.3 is 0 Å². The summed E-state index contributed by atoms with van der Waals surface area (Å²) < 4.78 is 8.60. The predicted octanol–water partition coefficient (Wildman–Crippen LogP) is 4.62. The maximum absolute atomic E-state index is 10.5. The van der Waals surface area contributed by atoms with Crippen LogP contribution in [0.3, 0.4) is 0 Å². The SMILES string of the molecule is CC(O)N1c2ccc(-c3cnn(C4CCNCC4)c3)c(Oc3ccc(C#N)cc3)c2CC[C@@H]1C. The van der Waals surface area contributed by atoms with Crippen molar-refractivity contribution in [2.24, 2.45) is 0 Å². The third-order valence-electron chi connectivity index (χ3n) is 7.00. The molecule has 0 saturated carbocycles. The Morgan fingerprint density at radius 3 is 2.62 bits per heavy atom. The molecule has 176 valence electrons. The number of nitrogens with one attached hydrogen (secondary N) is 1. The van der Waals surface area contributed by atoms with Crippen LogP contribution in [-0.2, 0) is 6.42 Å². The van der Waals surface area contributed by atoms with Gasteiger partial charge in [-0.15, -0.1) is 0 Å². The number of hydrogen-bond donors (Lipinski definition) is 2. The van der Waals surface area contributed by atoms with Gasteiger partial charge in [0.2, 0.25) is 0 Å². The van der Waals surface area contributed by atoms with Crippen LogP contribution in [0.5, 0.6) is 11.5 Å². The largest absolute Gasteiger partial charge is 0.456 e. The minimum Gasteiger partial charge on any atom is -0.456 e. The van der Waals surface area contributed by atoms with Crippen molar-refractivity contribution in [3.63, 3.8) is 0 Å². The average Bonchev–Trinajstić information content (AvgIpc) is 3.35. The highest BCUT2D eigenvalue weighted by molar-refractivity contribution is 5.78. The van der Waals surface area contributed by atoms with E-state index in [1.54, 1.807) is 12.1 Å². The van der Waals surface area contributed by atoms with Crippen molar-refractivity contribution in [1.82, 2.24) is 15.1 Å². The third-order valence-corrected chi connectivity index (χ3v) is 7.00. The van der Waals surface area contributed by atoms with Gasteiger partial charge in [0.05, 0.1) is 23.9 Å². The number of nitriles is 1. The molecule has 2 aliphatic heterocycles. The zero-order chi connectivity index (χ0) is 23.7. The van der Waals surface area contributed by atoms with E-state index in [4.69, 9.17) is 15.1 Å². The minimum atomic E-state index is -0.592. The Morgan fingerprint density at radius 2 is 1.91 bits per heavy atom. The quantitative estimate of drug-likeness (QED) is 0.582. The molecule has 0 bridgehead atoms. The summed E-state index contributed by atoms with van der Waals surface area (Å²) >= 11 is 0. The fourth-order valence-corrected chi connectivity index (χ4v) is 5.21. The number of aliphatic hydroxyl groups is 1. The number of ether oxygens (including phenoxy) is 1. The summed E-state index contributed by atoms with van der Waals surface area (Å²) in [4.78, 5) is 2.06. The highest BCUT2D eigenvalue weighted by atomic mass is 16.5. The molecule has 2 N–H and O–H groups in total. The fraction of sp³-hybridized carbons (Fsp3) is 0.407. The molecule has 7 nitrogen and oxygen atoms in total. The monoisotopic (exact) mass is 457 g/mol. The number of piperidine rings is 1. The second-order valence-corrected chi connectivity index (χ2v) is 9.30. The first-order chi connectivity index (χ1) is 16.5. The average molecular weight is 458 g/mol. The fourth-order valence-electron chi connectivity index (χ4n) is 5.21. The van der Waals surface area contributed by atoms with Crippen molar-refractivity contribution >= 4 is 5.69 Å². The van der Waals surface area contributed by atoms with E-state index in [-0.39, 0.29) is 6.04 Å². The van der Waals surface area contributed by atoms with Gasteiger partial charge in [-0.05, 0) is 89.0 Å². The number of rotatable bonds is 5. The first-order valence-electron chi connectivity index (χ1n) is 12.1. The van der Waals surface area contributed by atoms with Gasteiger partial charge in [0.25, 0.3) is 0 Å². The molecule has 5 rings (SSSR count). The van der Waals surface area contributed by atoms with Crippen LogP contribution >= 0.6 is 0 Å². The van der Waals surface area contributed by atoms with Gasteiger partial charge in [0, 0.05) is 34.6 Å². The lowest BCUT2D eigenvalue weighted by molar-refractivity contribution is 0.174. The van der Waals surface area contributed by atoms with Gasteiger partial charge in [0.15, 0.2) is 0 Å². The zero-order valence-corrected chi connectivity index (χ0v) is 19.7. The molecule has 2 aromatic carbocycles. The highest BCUT2D eigenvalue weighted by Gasteiger charge is 2.30. The Labute approximate surface area is 200 Å². The van der Waals surface area contributed by atoms with Crippen molar-refractivity contribution in [2.75, 3.05) is 18.0 Å². The van der Waals surface area contributed by atoms with Gasteiger partial charge < -0.3 is 20.1 Å². The highest BCUT2D eigenvalue weighted by Crippen LogP contribution is 2.45. The number of benzene rings is 2. The third kappa shape index (κ3) is 4.27. The van der Waals surface area contributed by atoms with Crippen molar-refractivity contribution in [3.8, 4) is 28.7 Å². The number of nitrogens with zero attached hydrogens (tertiary/aromatic N) is 4. The molecule has 1 saturated heterocycles. The lowest BCUT2D eigenvalue weighted by atomic mass is 9.92. The smallest absolute Gasteiger partial charge is 0.140 e. The molecular weight excluding hydrogens is 426 g/mol. The molecule has 7 heteroatoms. The Balaban J connectivity index is 1.58. The molecule has 2 atom stereocenters. The predicted molar refractivity (Wildman–Crippen MR) is 132 cm³/mol. The number of aliphatic hydroxyl groups excluding tert-OH is 1. The molecule has 1 unspecified atom stereocenters. The van der Waals surface area contributed by atoms with E-state index in [0.717, 1.165) is 66.9 Å². The standard InChI is InChI=1S/C27H31N5O2/c1-18-3-8-25-26(32(18)19(2)33)10-9-24(27(25)34-23-6-4-20(15-28)5-7-23)21-16-30-31(17-21)22-11-13-29-14-12-22/h4-7,9-10,16-19,22,29,33H,3,8,11-14H2,1-2H3/t18-,19?/m0/s1. The van der Waals surface area contributed by atoms with Crippen LogP contribution in [0.1, 0.15) is 50.3 Å². The molecule has 3 aromatic rings. The van der Waals surface area contributed by atoms with E-state index < -0.39 is 6.23 Å². The van der Waals surface area contributed by atoms with E-state index >= 15 is 0 Å². The number of hydrogen-bond acceptors (Lipinski definition) is 6. The number of aromatic nitrogens is 2. The molecule has 0 amide bonds. The van der Waals surface area contributed by atoms with Crippen LogP contribution in [0.2, 0.25) is 0 Å². The molecule has 0 radical (unpaired) electrons. The van der Waals surface area contributed by atoms with Gasteiger partial charge in [-0.3, -0.25) is 4.68 Å². The van der Waals surface area contributed by atoms with E-state index in [1.165, 1.54) is 0 Å². The lowest BCUT2D eigenvalue weighted by Crippen LogP contribution is -2.43. The topological polar surface area (TPSA) is 86.3 Å². The summed E-state index contributed by atoms with van der Waals surface area (Å²) in [7, 11) is 0. The summed E-state index contributed by atoms with van der Waals surface area (Å²) in [5.74, 6) is 1.48. The maximum atomic E-state index is 10.5. The first-order valence-corrected chi connectivity index (χ1v) is 12.1. The Bertz CT molecular complexity index is 1190. The van der Waals surface area contributed by atoms with E-state index in [2.05, 4.69) is 46.2 Å². The van der Waals surface area contributed by atoms with Gasteiger partial charge in [-0.2, -0.15) is 10.4 Å². The Hall–Kier alpha value is -3.34. The van der Waals surface area contributed by atoms with Crippen LogP contribution in [0.4, 0.5) is 5.69 Å². The van der Waals surface area contributed by atoms with E-state index in [9.17, 15) is 5.11 Å². The van der Waals surface area contributed by atoms with Gasteiger partial charge in [-0.1, -0.05) is 0 Å². The van der Waals surface area contributed by atoms with Gasteiger partial charge in [-0.25, -0.2) is 0 Å². The molecule has 0 aliphatic carbocycles. The summed E-state index contributed by atoms with van der Waals surface area (Å²) in [5, 5.41) is 27.8. The van der Waals surface area contributed by atoms with E-state index in [1.807, 2.05) is 25.3 Å². The molecular formula is C27H31N5O2. The minimum absolute atomic E-state index is 0.240. The Morgan fingerprint density at radius 1 is 1.15 bits per heavy atom.